The normalized spacial score (nSPS) is 16.2. The van der Waals surface area contributed by atoms with Gasteiger partial charge >= 0.3 is 0 Å². The Balaban J connectivity index is 2.33. The highest BCUT2D eigenvalue weighted by Gasteiger charge is 2.18. The van der Waals surface area contributed by atoms with Crippen molar-refractivity contribution in [2.45, 2.75) is 32.6 Å². The molecule has 17 heavy (non-hydrogen) atoms. The van der Waals surface area contributed by atoms with Crippen molar-refractivity contribution in [2.24, 2.45) is 5.73 Å². The van der Waals surface area contributed by atoms with E-state index in [1.807, 2.05) is 4.90 Å². The van der Waals surface area contributed by atoms with E-state index < -0.39 is 0 Å². The highest BCUT2D eigenvalue weighted by atomic mass is 32.1. The number of nitrogens with zero attached hydrogens (tertiary/aromatic N) is 2. The minimum absolute atomic E-state index is 0.245. The number of hydrogen-bond donors (Lipinski definition) is 1. The van der Waals surface area contributed by atoms with Crippen molar-refractivity contribution in [3.05, 3.63) is 0 Å². The molecule has 0 saturated carbocycles. The van der Waals surface area contributed by atoms with Crippen molar-refractivity contribution in [3.8, 4) is 0 Å². The van der Waals surface area contributed by atoms with Gasteiger partial charge in [-0.1, -0.05) is 19.1 Å². The number of carbonyl (C=O) groups is 1. The zero-order valence-corrected chi connectivity index (χ0v) is 11.5. The van der Waals surface area contributed by atoms with E-state index in [4.69, 9.17) is 18.0 Å². The Morgan fingerprint density at radius 1 is 1.35 bits per heavy atom. The molecule has 1 heterocycles. The summed E-state index contributed by atoms with van der Waals surface area (Å²) in [6.45, 7) is 6.05. The molecule has 1 amide bonds. The van der Waals surface area contributed by atoms with Gasteiger partial charge in [-0.25, -0.2) is 0 Å². The number of hydrogen-bond acceptors (Lipinski definition) is 3. The lowest BCUT2D eigenvalue weighted by molar-refractivity contribution is -0.133. The van der Waals surface area contributed by atoms with Gasteiger partial charge in [0, 0.05) is 26.1 Å². The van der Waals surface area contributed by atoms with Crippen LogP contribution in [0.2, 0.25) is 0 Å². The molecule has 0 bridgehead atoms. The Morgan fingerprint density at radius 3 is 2.53 bits per heavy atom. The monoisotopic (exact) mass is 257 g/mol. The van der Waals surface area contributed by atoms with E-state index in [0.717, 1.165) is 39.0 Å². The third-order valence-corrected chi connectivity index (χ3v) is 3.39. The molecule has 1 rings (SSSR count). The molecule has 1 saturated heterocycles. The second-order valence-corrected chi connectivity index (χ2v) is 5.05. The molecule has 0 aromatic rings. The Kier molecular flexibility index (Phi) is 6.44. The van der Waals surface area contributed by atoms with Crippen molar-refractivity contribution in [1.29, 1.82) is 0 Å². The third-order valence-electron chi connectivity index (χ3n) is 3.19. The Labute approximate surface area is 109 Å². The van der Waals surface area contributed by atoms with Crippen LogP contribution in [-0.4, -0.2) is 53.4 Å². The smallest absolute Gasteiger partial charge is 0.236 e. The summed E-state index contributed by atoms with van der Waals surface area (Å²) in [5.74, 6) is 0.245. The summed E-state index contributed by atoms with van der Waals surface area (Å²) in [4.78, 5) is 16.6. The van der Waals surface area contributed by atoms with Crippen molar-refractivity contribution in [3.63, 3.8) is 0 Å². The van der Waals surface area contributed by atoms with Crippen molar-refractivity contribution < 1.29 is 4.79 Å². The van der Waals surface area contributed by atoms with E-state index in [1.165, 1.54) is 6.42 Å². The average molecular weight is 257 g/mol. The number of amides is 1. The van der Waals surface area contributed by atoms with Crippen LogP contribution in [-0.2, 0) is 4.79 Å². The lowest BCUT2D eigenvalue weighted by Gasteiger charge is -2.29. The fourth-order valence-corrected chi connectivity index (χ4v) is 2.14. The van der Waals surface area contributed by atoms with Crippen molar-refractivity contribution in [1.82, 2.24) is 9.80 Å². The molecule has 98 valence electrons. The van der Waals surface area contributed by atoms with Crippen LogP contribution in [0.4, 0.5) is 0 Å². The van der Waals surface area contributed by atoms with Gasteiger partial charge in [-0.15, -0.1) is 0 Å². The summed E-state index contributed by atoms with van der Waals surface area (Å²) in [6, 6.07) is 0. The SMILES string of the molecule is CCN(CCC(N)=S)CC(=O)N1CCCCC1. The first-order chi connectivity index (χ1) is 8.13. The number of piperidine rings is 1. The maximum absolute atomic E-state index is 12.0. The first-order valence-electron chi connectivity index (χ1n) is 6.42. The van der Waals surface area contributed by atoms with Gasteiger partial charge < -0.3 is 10.6 Å². The van der Waals surface area contributed by atoms with Gasteiger partial charge in [-0.2, -0.15) is 0 Å². The maximum atomic E-state index is 12.0. The van der Waals surface area contributed by atoms with Crippen LogP contribution < -0.4 is 5.73 Å². The molecule has 1 fully saturated rings. The number of thiocarbonyl (C=S) groups is 1. The lowest BCUT2D eigenvalue weighted by atomic mass is 10.1. The van der Waals surface area contributed by atoms with Crippen LogP contribution in [0.25, 0.3) is 0 Å². The van der Waals surface area contributed by atoms with E-state index in [2.05, 4.69) is 11.8 Å². The zero-order chi connectivity index (χ0) is 12.7. The second kappa shape index (κ2) is 7.61. The Bertz CT molecular complexity index is 264. The van der Waals surface area contributed by atoms with E-state index in [-0.39, 0.29) is 5.91 Å². The largest absolute Gasteiger partial charge is 0.393 e. The van der Waals surface area contributed by atoms with E-state index >= 15 is 0 Å². The number of carbonyl (C=O) groups excluding carboxylic acids is 1. The van der Waals surface area contributed by atoms with Gasteiger partial charge in [-0.3, -0.25) is 9.69 Å². The van der Waals surface area contributed by atoms with Crippen molar-refractivity contribution in [2.75, 3.05) is 32.7 Å². The molecule has 0 unspecified atom stereocenters. The molecule has 4 nitrogen and oxygen atoms in total. The minimum Gasteiger partial charge on any atom is -0.393 e. The fourth-order valence-electron chi connectivity index (χ4n) is 2.05. The van der Waals surface area contributed by atoms with Crippen LogP contribution in [0.3, 0.4) is 0 Å². The first kappa shape index (κ1) is 14.4. The number of likely N-dealkylation sites (tertiary alicyclic amines) is 1. The summed E-state index contributed by atoms with van der Waals surface area (Å²) in [5.41, 5.74) is 5.48. The van der Waals surface area contributed by atoms with Gasteiger partial charge in [0.15, 0.2) is 0 Å². The fraction of sp³-hybridized carbons (Fsp3) is 0.833. The third kappa shape index (κ3) is 5.46. The molecular weight excluding hydrogens is 234 g/mol. The molecule has 2 N–H and O–H groups in total. The summed E-state index contributed by atoms with van der Waals surface area (Å²) < 4.78 is 0. The van der Waals surface area contributed by atoms with Crippen LogP contribution in [0, 0.1) is 0 Å². The molecule has 5 heteroatoms. The quantitative estimate of drug-likeness (QED) is 0.721. The predicted molar refractivity (Wildman–Crippen MR) is 73.9 cm³/mol. The molecule has 1 aliphatic heterocycles. The zero-order valence-electron chi connectivity index (χ0n) is 10.7. The molecule has 0 aliphatic carbocycles. The highest BCUT2D eigenvalue weighted by molar-refractivity contribution is 7.80. The Hall–Kier alpha value is -0.680. The van der Waals surface area contributed by atoms with Crippen molar-refractivity contribution >= 4 is 23.1 Å². The van der Waals surface area contributed by atoms with Crippen LogP contribution in [0.15, 0.2) is 0 Å². The Morgan fingerprint density at radius 2 is 2.00 bits per heavy atom. The van der Waals surface area contributed by atoms with Gasteiger partial charge in [-0.05, 0) is 25.8 Å². The average Bonchev–Trinajstić information content (AvgIpc) is 2.35. The number of rotatable bonds is 6. The van der Waals surface area contributed by atoms with Crippen LogP contribution in [0.1, 0.15) is 32.6 Å². The highest BCUT2D eigenvalue weighted by Crippen LogP contribution is 2.09. The maximum Gasteiger partial charge on any atom is 0.236 e. The number of likely N-dealkylation sites (N-methyl/N-ethyl adjacent to an activating group) is 1. The minimum atomic E-state index is 0.245. The van der Waals surface area contributed by atoms with Gasteiger partial charge in [0.2, 0.25) is 5.91 Å². The van der Waals surface area contributed by atoms with Gasteiger partial charge in [0.25, 0.3) is 0 Å². The molecule has 0 aromatic carbocycles. The van der Waals surface area contributed by atoms with Gasteiger partial charge in [0.05, 0.1) is 11.5 Å². The standard InChI is InChI=1S/C12H23N3OS/c1-2-14(9-6-11(13)17)10-12(16)15-7-4-3-5-8-15/h2-10H2,1H3,(H2,13,17). The van der Waals surface area contributed by atoms with E-state index in [1.54, 1.807) is 0 Å². The topological polar surface area (TPSA) is 49.6 Å². The summed E-state index contributed by atoms with van der Waals surface area (Å²) >= 11 is 4.86. The molecule has 0 aromatic heterocycles. The molecule has 0 spiro atoms. The summed E-state index contributed by atoms with van der Waals surface area (Å²) in [5, 5.41) is 0. The summed E-state index contributed by atoms with van der Waals surface area (Å²) in [6.07, 6.45) is 4.23. The molecule has 0 radical (unpaired) electrons. The molecule has 0 atom stereocenters. The lowest BCUT2D eigenvalue weighted by Crippen LogP contribution is -2.43. The van der Waals surface area contributed by atoms with Crippen LogP contribution in [0.5, 0.6) is 0 Å². The first-order valence-corrected chi connectivity index (χ1v) is 6.82. The molecule has 1 aliphatic rings. The number of nitrogens with two attached hydrogens (primary N) is 1. The second-order valence-electron chi connectivity index (χ2n) is 4.53. The summed E-state index contributed by atoms with van der Waals surface area (Å²) in [7, 11) is 0. The van der Waals surface area contributed by atoms with E-state index in [0.29, 0.717) is 18.0 Å². The van der Waals surface area contributed by atoms with Crippen LogP contribution >= 0.6 is 12.2 Å². The predicted octanol–water partition coefficient (Wildman–Crippen LogP) is 0.997. The molecular formula is C12H23N3OS. The van der Waals surface area contributed by atoms with E-state index in [9.17, 15) is 4.79 Å². The van der Waals surface area contributed by atoms with Gasteiger partial charge in [0.1, 0.15) is 0 Å².